The summed E-state index contributed by atoms with van der Waals surface area (Å²) in [6.45, 7) is 2.02. The summed E-state index contributed by atoms with van der Waals surface area (Å²) in [4.78, 5) is -0.419. The Hall–Kier alpha value is -1.96. The average molecular weight is 341 g/mol. The molecule has 1 aliphatic rings. The van der Waals surface area contributed by atoms with Gasteiger partial charge in [0.15, 0.2) is 0 Å². The van der Waals surface area contributed by atoms with Crippen LogP contribution in [0.4, 0.5) is 14.5 Å². The van der Waals surface area contributed by atoms with Crippen molar-refractivity contribution in [2.75, 3.05) is 4.72 Å². The third kappa shape index (κ3) is 3.36. The number of halogens is 2. The van der Waals surface area contributed by atoms with E-state index in [1.165, 1.54) is 24.4 Å². The first-order valence-corrected chi connectivity index (χ1v) is 8.81. The molecule has 2 aromatic rings. The van der Waals surface area contributed by atoms with Crippen LogP contribution in [0.3, 0.4) is 0 Å². The Bertz CT molecular complexity index is 801. The van der Waals surface area contributed by atoms with E-state index in [1.54, 1.807) is 10.9 Å². The van der Waals surface area contributed by atoms with E-state index in [4.69, 9.17) is 0 Å². The number of sulfonamides is 1. The van der Waals surface area contributed by atoms with E-state index in [2.05, 4.69) is 9.82 Å². The van der Waals surface area contributed by atoms with Crippen molar-refractivity contribution in [3.8, 4) is 0 Å². The lowest BCUT2D eigenvalue weighted by molar-refractivity contribution is 0.148. The van der Waals surface area contributed by atoms with Gasteiger partial charge in [-0.2, -0.15) is 5.10 Å². The predicted molar refractivity (Wildman–Crippen MR) is 81.9 cm³/mol. The summed E-state index contributed by atoms with van der Waals surface area (Å²) in [6, 6.07) is 5.27. The summed E-state index contributed by atoms with van der Waals surface area (Å²) in [6.07, 6.45) is 2.40. The fourth-order valence-electron chi connectivity index (χ4n) is 2.52. The van der Waals surface area contributed by atoms with E-state index in [9.17, 15) is 17.2 Å². The first-order valence-electron chi connectivity index (χ1n) is 7.32. The van der Waals surface area contributed by atoms with E-state index in [1.807, 2.05) is 6.92 Å². The smallest absolute Gasteiger partial charge is 0.265 e. The number of anilines is 1. The zero-order valence-corrected chi connectivity index (χ0v) is 13.3. The van der Waals surface area contributed by atoms with Crippen LogP contribution in [0.1, 0.15) is 37.8 Å². The zero-order valence-electron chi connectivity index (χ0n) is 12.5. The molecule has 0 bridgehead atoms. The van der Waals surface area contributed by atoms with Crippen LogP contribution in [0.2, 0.25) is 0 Å². The summed E-state index contributed by atoms with van der Waals surface area (Å²) in [5.74, 6) is 0.568. The van der Waals surface area contributed by atoms with Crippen molar-refractivity contribution in [2.24, 2.45) is 5.92 Å². The maximum Gasteiger partial charge on any atom is 0.265 e. The maximum atomic E-state index is 13.0. The van der Waals surface area contributed by atoms with Gasteiger partial charge in [0.2, 0.25) is 0 Å². The molecule has 8 heteroatoms. The summed E-state index contributed by atoms with van der Waals surface area (Å²) < 4.78 is 54.8. The summed E-state index contributed by atoms with van der Waals surface area (Å²) in [5.41, 5.74) is -0.250. The number of hydrogen-bond acceptors (Lipinski definition) is 3. The topological polar surface area (TPSA) is 64.0 Å². The fraction of sp³-hybridized carbons (Fsp3) is 0.400. The minimum absolute atomic E-state index is 0.196. The molecule has 23 heavy (non-hydrogen) atoms. The predicted octanol–water partition coefficient (Wildman–Crippen LogP) is 3.59. The van der Waals surface area contributed by atoms with E-state index in [0.29, 0.717) is 5.92 Å². The second kappa shape index (κ2) is 5.92. The first kappa shape index (κ1) is 15.9. The number of alkyl halides is 2. The van der Waals surface area contributed by atoms with Crippen molar-refractivity contribution in [3.63, 3.8) is 0 Å². The highest BCUT2D eigenvalue weighted by Crippen LogP contribution is 2.39. The summed E-state index contributed by atoms with van der Waals surface area (Å²) in [7, 11) is -4.09. The second-order valence-electron chi connectivity index (χ2n) is 5.73. The fourth-order valence-corrected chi connectivity index (χ4v) is 3.77. The van der Waals surface area contributed by atoms with Gasteiger partial charge in [-0.25, -0.2) is 17.2 Å². The van der Waals surface area contributed by atoms with Gasteiger partial charge in [-0.1, -0.05) is 18.2 Å². The number of nitrogens with one attached hydrogen (secondary N) is 1. The van der Waals surface area contributed by atoms with Crippen LogP contribution in [-0.2, 0) is 10.0 Å². The summed E-state index contributed by atoms with van der Waals surface area (Å²) >= 11 is 0. The van der Waals surface area contributed by atoms with Crippen molar-refractivity contribution in [3.05, 3.63) is 42.2 Å². The Morgan fingerprint density at radius 3 is 2.65 bits per heavy atom. The molecule has 1 aliphatic carbocycles. The molecule has 1 saturated carbocycles. The van der Waals surface area contributed by atoms with Crippen molar-refractivity contribution >= 4 is 15.7 Å². The molecule has 0 amide bonds. The molecule has 0 aliphatic heterocycles. The quantitative estimate of drug-likeness (QED) is 0.873. The molecule has 124 valence electrons. The van der Waals surface area contributed by atoms with Gasteiger partial charge in [0, 0.05) is 11.8 Å². The van der Waals surface area contributed by atoms with Gasteiger partial charge in [-0.05, 0) is 31.7 Å². The Labute approximate surface area is 133 Å². The average Bonchev–Trinajstić information content (AvgIpc) is 3.26. The Kier molecular flexibility index (Phi) is 4.09. The highest BCUT2D eigenvalue weighted by atomic mass is 32.2. The lowest BCUT2D eigenvalue weighted by Crippen LogP contribution is -2.15. The molecule has 1 aromatic heterocycles. The maximum absolute atomic E-state index is 13.0. The molecule has 0 radical (unpaired) electrons. The van der Waals surface area contributed by atoms with Gasteiger partial charge in [0.1, 0.15) is 0 Å². The van der Waals surface area contributed by atoms with E-state index >= 15 is 0 Å². The van der Waals surface area contributed by atoms with E-state index < -0.39 is 26.9 Å². The highest BCUT2D eigenvalue weighted by Gasteiger charge is 2.30. The van der Waals surface area contributed by atoms with Crippen molar-refractivity contribution in [1.82, 2.24) is 9.78 Å². The van der Waals surface area contributed by atoms with Gasteiger partial charge in [-0.3, -0.25) is 9.40 Å². The normalized spacial score (nSPS) is 16.5. The molecular weight excluding hydrogens is 324 g/mol. The molecular formula is C15H17F2N3O2S. The molecule has 0 saturated heterocycles. The van der Waals surface area contributed by atoms with Crippen LogP contribution < -0.4 is 4.72 Å². The Balaban J connectivity index is 1.84. The largest absolute Gasteiger partial charge is 0.276 e. The molecule has 5 nitrogen and oxygen atoms in total. The van der Waals surface area contributed by atoms with Gasteiger partial charge >= 0.3 is 0 Å². The standard InChI is InChI=1S/C15H17F2N3O2S/c1-10(11-6-7-11)20-9-12(8-18-20)19-23(21,22)14-5-3-2-4-13(14)15(16)17/h2-5,8-11,15,19H,6-7H2,1H3. The third-order valence-corrected chi connectivity index (χ3v) is 5.47. The van der Waals surface area contributed by atoms with Crippen LogP contribution in [0.15, 0.2) is 41.6 Å². The number of hydrogen-bond donors (Lipinski definition) is 1. The molecule has 1 N–H and O–H groups in total. The monoisotopic (exact) mass is 341 g/mol. The molecule has 1 aromatic carbocycles. The SMILES string of the molecule is CC(C1CC1)n1cc(NS(=O)(=O)c2ccccc2C(F)F)cn1. The molecule has 1 unspecified atom stereocenters. The Morgan fingerprint density at radius 1 is 1.30 bits per heavy atom. The molecule has 0 spiro atoms. The zero-order chi connectivity index (χ0) is 16.6. The molecule has 1 atom stereocenters. The number of benzene rings is 1. The molecule has 1 fully saturated rings. The lowest BCUT2D eigenvalue weighted by Gasteiger charge is -2.11. The van der Waals surface area contributed by atoms with Crippen LogP contribution >= 0.6 is 0 Å². The lowest BCUT2D eigenvalue weighted by atomic mass is 10.2. The van der Waals surface area contributed by atoms with Gasteiger partial charge in [-0.15, -0.1) is 0 Å². The first-order chi connectivity index (χ1) is 10.9. The van der Waals surface area contributed by atoms with Crippen molar-refractivity contribution in [1.29, 1.82) is 0 Å². The molecule has 3 rings (SSSR count). The van der Waals surface area contributed by atoms with Crippen LogP contribution in [0.5, 0.6) is 0 Å². The second-order valence-corrected chi connectivity index (χ2v) is 7.38. The van der Waals surface area contributed by atoms with Gasteiger partial charge in [0.25, 0.3) is 16.4 Å². The number of rotatable bonds is 6. The minimum atomic E-state index is -4.09. The van der Waals surface area contributed by atoms with Crippen LogP contribution in [0, 0.1) is 5.92 Å². The van der Waals surface area contributed by atoms with Crippen LogP contribution in [-0.4, -0.2) is 18.2 Å². The van der Waals surface area contributed by atoms with E-state index in [0.717, 1.165) is 18.9 Å². The van der Waals surface area contributed by atoms with Crippen molar-refractivity contribution in [2.45, 2.75) is 37.1 Å². The summed E-state index contributed by atoms with van der Waals surface area (Å²) in [5, 5.41) is 4.15. The Morgan fingerprint density at radius 2 is 2.00 bits per heavy atom. The van der Waals surface area contributed by atoms with Crippen molar-refractivity contribution < 1.29 is 17.2 Å². The molecule has 1 heterocycles. The minimum Gasteiger partial charge on any atom is -0.276 e. The highest BCUT2D eigenvalue weighted by molar-refractivity contribution is 7.92. The van der Waals surface area contributed by atoms with Gasteiger partial charge in [0.05, 0.1) is 22.8 Å². The van der Waals surface area contributed by atoms with Gasteiger partial charge < -0.3 is 0 Å². The third-order valence-electron chi connectivity index (χ3n) is 4.02. The van der Waals surface area contributed by atoms with E-state index in [-0.39, 0.29) is 11.7 Å². The number of nitrogens with zero attached hydrogens (tertiary/aromatic N) is 2. The number of aromatic nitrogens is 2. The van der Waals surface area contributed by atoms with Crippen LogP contribution in [0.25, 0.3) is 0 Å².